The summed E-state index contributed by atoms with van der Waals surface area (Å²) in [6.45, 7) is 4.75. The fraction of sp³-hybridized carbons (Fsp3) is 0.444. The van der Waals surface area contributed by atoms with Crippen LogP contribution in [0.4, 0.5) is 5.82 Å². The topological polar surface area (TPSA) is 55.1 Å². The molecule has 3 rings (SSSR count). The average Bonchev–Trinajstić information content (AvgIpc) is 2.95. The van der Waals surface area contributed by atoms with Crippen LogP contribution in [0.15, 0.2) is 35.6 Å². The molecule has 1 aromatic heterocycles. The lowest BCUT2D eigenvalue weighted by atomic mass is 10.2. The molecule has 2 heterocycles. The maximum Gasteiger partial charge on any atom is 0.179 e. The second-order valence-electron chi connectivity index (χ2n) is 6.36. The number of nitrogens with zero attached hydrogens (tertiary/aromatic N) is 5. The minimum Gasteiger partial charge on any atom is -0.497 e. The third kappa shape index (κ3) is 3.67. The van der Waals surface area contributed by atoms with Crippen molar-refractivity contribution in [3.8, 4) is 5.75 Å². The number of hydrazine groups is 1. The third-order valence-corrected chi connectivity index (χ3v) is 4.19. The number of benzene rings is 1. The van der Waals surface area contributed by atoms with Gasteiger partial charge in [-0.3, -0.25) is 5.01 Å². The molecular weight excluding hydrogens is 318 g/mol. The van der Waals surface area contributed by atoms with Crippen LogP contribution in [0.1, 0.15) is 31.3 Å². The highest BCUT2D eigenvalue weighted by atomic mass is 16.5. The number of imidazole rings is 1. The Labute approximate surface area is 148 Å². The molecule has 0 bridgehead atoms. The molecule has 134 valence electrons. The Balaban J connectivity index is 1.95. The average molecular weight is 343 g/mol. The van der Waals surface area contributed by atoms with Gasteiger partial charge in [0.15, 0.2) is 12.0 Å². The Kier molecular flexibility index (Phi) is 5.06. The SMILES string of the molecule is COc1ccc(Cn2cnc3c2C(OC(C)C)N(C)N(C)C=N3)cc1. The van der Waals surface area contributed by atoms with E-state index < -0.39 is 0 Å². The summed E-state index contributed by atoms with van der Waals surface area (Å²) in [5.41, 5.74) is 2.11. The van der Waals surface area contributed by atoms with Crippen LogP contribution in [0, 0.1) is 0 Å². The minimum atomic E-state index is -0.261. The van der Waals surface area contributed by atoms with Crippen LogP contribution in [0.3, 0.4) is 0 Å². The van der Waals surface area contributed by atoms with Crippen LogP contribution < -0.4 is 4.74 Å². The molecule has 25 heavy (non-hydrogen) atoms. The first kappa shape index (κ1) is 17.4. The van der Waals surface area contributed by atoms with Crippen molar-refractivity contribution in [2.75, 3.05) is 21.2 Å². The first-order valence-corrected chi connectivity index (χ1v) is 8.32. The molecule has 7 nitrogen and oxygen atoms in total. The maximum absolute atomic E-state index is 6.18. The summed E-state index contributed by atoms with van der Waals surface area (Å²) < 4.78 is 13.5. The molecule has 0 fully saturated rings. The fourth-order valence-electron chi connectivity index (χ4n) is 2.76. The lowest BCUT2D eigenvalue weighted by Gasteiger charge is -2.33. The number of hydrogen-bond donors (Lipinski definition) is 0. The Morgan fingerprint density at radius 3 is 2.52 bits per heavy atom. The van der Waals surface area contributed by atoms with Gasteiger partial charge in [-0.2, -0.15) is 5.01 Å². The second-order valence-corrected chi connectivity index (χ2v) is 6.36. The van der Waals surface area contributed by atoms with Crippen molar-refractivity contribution in [1.29, 1.82) is 0 Å². The van der Waals surface area contributed by atoms with E-state index >= 15 is 0 Å². The molecule has 0 aliphatic carbocycles. The fourth-order valence-corrected chi connectivity index (χ4v) is 2.76. The van der Waals surface area contributed by atoms with Crippen LogP contribution in [-0.4, -0.2) is 53.2 Å². The van der Waals surface area contributed by atoms with E-state index in [-0.39, 0.29) is 12.3 Å². The van der Waals surface area contributed by atoms with E-state index in [0.29, 0.717) is 12.4 Å². The summed E-state index contributed by atoms with van der Waals surface area (Å²) in [4.78, 5) is 8.97. The van der Waals surface area contributed by atoms with Gasteiger partial charge in [-0.15, -0.1) is 0 Å². The lowest BCUT2D eigenvalue weighted by Crippen LogP contribution is -2.40. The quantitative estimate of drug-likeness (QED) is 0.835. The number of methoxy groups -OCH3 is 1. The van der Waals surface area contributed by atoms with Gasteiger partial charge < -0.3 is 14.0 Å². The Hall–Kier alpha value is -2.38. The predicted molar refractivity (Wildman–Crippen MR) is 97.0 cm³/mol. The van der Waals surface area contributed by atoms with Gasteiger partial charge in [-0.25, -0.2) is 9.98 Å². The van der Waals surface area contributed by atoms with E-state index in [0.717, 1.165) is 17.0 Å². The monoisotopic (exact) mass is 343 g/mol. The molecule has 1 aromatic carbocycles. The highest BCUT2D eigenvalue weighted by Gasteiger charge is 2.30. The first-order valence-electron chi connectivity index (χ1n) is 8.32. The molecule has 1 atom stereocenters. The predicted octanol–water partition coefficient (Wildman–Crippen LogP) is 2.82. The molecular formula is C18H25N5O2. The third-order valence-electron chi connectivity index (χ3n) is 4.19. The van der Waals surface area contributed by atoms with Gasteiger partial charge in [0, 0.05) is 20.6 Å². The van der Waals surface area contributed by atoms with Gasteiger partial charge in [0.25, 0.3) is 0 Å². The zero-order valence-corrected chi connectivity index (χ0v) is 15.4. The van der Waals surface area contributed by atoms with Crippen LogP contribution in [0.5, 0.6) is 5.75 Å². The molecule has 7 heteroatoms. The van der Waals surface area contributed by atoms with Crippen molar-refractivity contribution in [3.05, 3.63) is 41.9 Å². The van der Waals surface area contributed by atoms with Crippen molar-refractivity contribution in [2.45, 2.75) is 32.7 Å². The minimum absolute atomic E-state index is 0.0798. The molecule has 0 N–H and O–H groups in total. The van der Waals surface area contributed by atoms with Gasteiger partial charge in [0.1, 0.15) is 17.8 Å². The number of fused-ring (bicyclic) bond motifs is 1. The molecule has 1 aliphatic heterocycles. The smallest absolute Gasteiger partial charge is 0.179 e. The van der Waals surface area contributed by atoms with Crippen LogP contribution in [-0.2, 0) is 11.3 Å². The normalized spacial score (nSPS) is 17.7. The maximum atomic E-state index is 6.18. The molecule has 0 spiro atoms. The highest BCUT2D eigenvalue weighted by Crippen LogP contribution is 2.33. The lowest BCUT2D eigenvalue weighted by molar-refractivity contribution is -0.138. The van der Waals surface area contributed by atoms with Crippen molar-refractivity contribution in [3.63, 3.8) is 0 Å². The highest BCUT2D eigenvalue weighted by molar-refractivity contribution is 5.61. The molecule has 0 radical (unpaired) electrons. The van der Waals surface area contributed by atoms with E-state index in [9.17, 15) is 0 Å². The largest absolute Gasteiger partial charge is 0.497 e. The number of rotatable bonds is 5. The first-order chi connectivity index (χ1) is 12.0. The summed E-state index contributed by atoms with van der Waals surface area (Å²) in [5.74, 6) is 1.54. The van der Waals surface area contributed by atoms with Crippen molar-refractivity contribution in [2.24, 2.45) is 4.99 Å². The van der Waals surface area contributed by atoms with Gasteiger partial charge in [0.2, 0.25) is 0 Å². The van der Waals surface area contributed by atoms with Gasteiger partial charge in [-0.1, -0.05) is 12.1 Å². The summed E-state index contributed by atoms with van der Waals surface area (Å²) in [5, 5.41) is 3.92. The zero-order valence-electron chi connectivity index (χ0n) is 15.4. The Bertz CT molecular complexity index is 738. The number of aromatic nitrogens is 2. The molecule has 0 saturated heterocycles. The van der Waals surface area contributed by atoms with Crippen LogP contribution in [0.2, 0.25) is 0 Å². The Morgan fingerprint density at radius 1 is 1.16 bits per heavy atom. The summed E-state index contributed by atoms with van der Waals surface area (Å²) in [7, 11) is 5.60. The summed E-state index contributed by atoms with van der Waals surface area (Å²) in [6, 6.07) is 8.04. The molecule has 1 aliphatic rings. The summed E-state index contributed by atoms with van der Waals surface area (Å²) >= 11 is 0. The van der Waals surface area contributed by atoms with Crippen molar-refractivity contribution in [1.82, 2.24) is 19.6 Å². The van der Waals surface area contributed by atoms with Gasteiger partial charge in [0.05, 0.1) is 19.5 Å². The van der Waals surface area contributed by atoms with E-state index in [1.54, 1.807) is 13.4 Å². The zero-order chi connectivity index (χ0) is 18.0. The number of aliphatic imine (C=N–C) groups is 1. The van der Waals surface area contributed by atoms with Gasteiger partial charge >= 0.3 is 0 Å². The van der Waals surface area contributed by atoms with Crippen LogP contribution >= 0.6 is 0 Å². The Morgan fingerprint density at radius 2 is 1.88 bits per heavy atom. The van der Waals surface area contributed by atoms with E-state index in [2.05, 4.69) is 26.7 Å². The van der Waals surface area contributed by atoms with E-state index in [4.69, 9.17) is 9.47 Å². The molecule has 1 unspecified atom stereocenters. The van der Waals surface area contributed by atoms with Gasteiger partial charge in [-0.05, 0) is 31.5 Å². The molecule has 0 saturated carbocycles. The van der Waals surface area contributed by atoms with Crippen molar-refractivity contribution >= 4 is 12.2 Å². The van der Waals surface area contributed by atoms with Crippen LogP contribution in [0.25, 0.3) is 0 Å². The number of hydrogen-bond acceptors (Lipinski definition) is 6. The molecule has 2 aromatic rings. The van der Waals surface area contributed by atoms with Crippen molar-refractivity contribution < 1.29 is 9.47 Å². The molecule has 0 amide bonds. The summed E-state index contributed by atoms with van der Waals surface area (Å²) in [6.07, 6.45) is 3.40. The standard InChI is InChI=1S/C18H25N5O2/c1-13(2)25-18-16-17(19-11-21(3)22(18)4)20-12-23(16)10-14-6-8-15(24-5)9-7-14/h6-9,11-13,18H,10H2,1-5H3. The second kappa shape index (κ2) is 7.25. The van der Waals surface area contributed by atoms with E-state index in [1.807, 2.05) is 56.4 Å². The number of ether oxygens (including phenoxy) is 2. The van der Waals surface area contributed by atoms with E-state index in [1.165, 1.54) is 0 Å².